The molecule has 0 heterocycles. The Kier molecular flexibility index (Phi) is 5.87. The minimum atomic E-state index is -0.324. The molecule has 1 aromatic carbocycles. The molecular formula is C16H24BrNO2. The summed E-state index contributed by atoms with van der Waals surface area (Å²) in [4.78, 5) is 0. The number of aliphatic hydroxyl groups is 1. The maximum atomic E-state index is 9.89. The van der Waals surface area contributed by atoms with Crippen LogP contribution in [-0.2, 0) is 6.54 Å². The van der Waals surface area contributed by atoms with Crippen molar-refractivity contribution < 1.29 is 9.84 Å². The van der Waals surface area contributed by atoms with Crippen molar-refractivity contribution >= 4 is 15.9 Å². The van der Waals surface area contributed by atoms with E-state index >= 15 is 0 Å². The van der Waals surface area contributed by atoms with E-state index in [9.17, 15) is 5.11 Å². The first kappa shape index (κ1) is 15.8. The largest absolute Gasteiger partial charge is 0.487 e. The van der Waals surface area contributed by atoms with Gasteiger partial charge in [-0.05, 0) is 49.9 Å². The highest BCUT2D eigenvalue weighted by Gasteiger charge is 2.27. The van der Waals surface area contributed by atoms with Crippen molar-refractivity contribution in [3.63, 3.8) is 0 Å². The van der Waals surface area contributed by atoms with Gasteiger partial charge in [-0.3, -0.25) is 0 Å². The first-order chi connectivity index (χ1) is 9.56. The van der Waals surface area contributed by atoms with Gasteiger partial charge in [-0.2, -0.15) is 0 Å². The summed E-state index contributed by atoms with van der Waals surface area (Å²) in [6.45, 7) is 6.16. The standard InChI is InChI=1S/C16H24BrNO2/c1-11(2)9-18-10-12-8-13(17)6-7-15(12)20-16-5-3-4-14(16)19/h6-8,11,14,16,18-19H,3-5,9-10H2,1-2H3. The highest BCUT2D eigenvalue weighted by Crippen LogP contribution is 2.29. The summed E-state index contributed by atoms with van der Waals surface area (Å²) < 4.78 is 7.07. The lowest BCUT2D eigenvalue weighted by Crippen LogP contribution is -2.26. The van der Waals surface area contributed by atoms with Gasteiger partial charge in [-0.1, -0.05) is 29.8 Å². The van der Waals surface area contributed by atoms with Crippen LogP contribution in [-0.4, -0.2) is 23.9 Å². The van der Waals surface area contributed by atoms with Gasteiger partial charge < -0.3 is 15.2 Å². The van der Waals surface area contributed by atoms with Crippen LogP contribution in [0.1, 0.15) is 38.7 Å². The van der Waals surface area contributed by atoms with E-state index in [4.69, 9.17) is 4.74 Å². The van der Waals surface area contributed by atoms with Crippen LogP contribution in [0.4, 0.5) is 0 Å². The Hall–Kier alpha value is -0.580. The van der Waals surface area contributed by atoms with Crippen LogP contribution in [0.15, 0.2) is 22.7 Å². The molecule has 2 atom stereocenters. The molecule has 1 aromatic rings. The fourth-order valence-corrected chi connectivity index (χ4v) is 2.91. The molecule has 2 N–H and O–H groups in total. The van der Waals surface area contributed by atoms with Crippen molar-refractivity contribution in [3.8, 4) is 5.75 Å². The summed E-state index contributed by atoms with van der Waals surface area (Å²) in [6.07, 6.45) is 2.46. The average molecular weight is 342 g/mol. The molecule has 0 aromatic heterocycles. The van der Waals surface area contributed by atoms with E-state index in [0.717, 1.165) is 48.1 Å². The van der Waals surface area contributed by atoms with E-state index < -0.39 is 0 Å². The van der Waals surface area contributed by atoms with Crippen molar-refractivity contribution in [3.05, 3.63) is 28.2 Å². The number of aliphatic hydroxyl groups excluding tert-OH is 1. The molecule has 1 fully saturated rings. The summed E-state index contributed by atoms with van der Waals surface area (Å²) in [7, 11) is 0. The molecule has 1 aliphatic rings. The Morgan fingerprint density at radius 1 is 1.40 bits per heavy atom. The second kappa shape index (κ2) is 7.43. The monoisotopic (exact) mass is 341 g/mol. The fourth-order valence-electron chi connectivity index (χ4n) is 2.50. The van der Waals surface area contributed by atoms with Crippen molar-refractivity contribution in [1.29, 1.82) is 0 Å². The van der Waals surface area contributed by atoms with Crippen molar-refractivity contribution in [2.24, 2.45) is 5.92 Å². The van der Waals surface area contributed by atoms with Crippen LogP contribution in [0.25, 0.3) is 0 Å². The number of hydrogen-bond acceptors (Lipinski definition) is 3. The lowest BCUT2D eigenvalue weighted by atomic mass is 10.1. The van der Waals surface area contributed by atoms with Gasteiger partial charge in [0.1, 0.15) is 11.9 Å². The highest BCUT2D eigenvalue weighted by molar-refractivity contribution is 9.10. The SMILES string of the molecule is CC(C)CNCc1cc(Br)ccc1OC1CCCC1O. The molecule has 0 aliphatic heterocycles. The average Bonchev–Trinajstić information content (AvgIpc) is 2.78. The third-order valence-corrected chi connectivity index (χ3v) is 4.08. The molecule has 20 heavy (non-hydrogen) atoms. The van der Waals surface area contributed by atoms with Gasteiger partial charge in [0.05, 0.1) is 6.10 Å². The van der Waals surface area contributed by atoms with Crippen LogP contribution >= 0.6 is 15.9 Å². The van der Waals surface area contributed by atoms with Crippen LogP contribution in [0, 0.1) is 5.92 Å². The Bertz CT molecular complexity index is 436. The number of halogens is 1. The number of hydrogen-bond donors (Lipinski definition) is 2. The first-order valence-corrected chi connectivity index (χ1v) is 8.19. The van der Waals surface area contributed by atoms with Gasteiger partial charge >= 0.3 is 0 Å². The predicted octanol–water partition coefficient (Wildman–Crippen LogP) is 3.49. The summed E-state index contributed by atoms with van der Waals surface area (Å²) in [5.41, 5.74) is 1.14. The molecule has 0 spiro atoms. The topological polar surface area (TPSA) is 41.5 Å². The van der Waals surface area contributed by atoms with E-state index in [2.05, 4.69) is 41.2 Å². The second-order valence-electron chi connectivity index (χ2n) is 5.93. The van der Waals surface area contributed by atoms with Crippen LogP contribution in [0.3, 0.4) is 0 Å². The third kappa shape index (κ3) is 4.47. The number of rotatable bonds is 6. The normalized spacial score (nSPS) is 22.4. The van der Waals surface area contributed by atoms with Gasteiger partial charge in [-0.25, -0.2) is 0 Å². The van der Waals surface area contributed by atoms with Gasteiger partial charge in [-0.15, -0.1) is 0 Å². The van der Waals surface area contributed by atoms with Gasteiger partial charge in [0, 0.05) is 16.6 Å². The third-order valence-electron chi connectivity index (χ3n) is 3.59. The molecule has 4 heteroatoms. The molecular weight excluding hydrogens is 318 g/mol. The molecule has 112 valence electrons. The zero-order valence-corrected chi connectivity index (χ0v) is 13.8. The molecule has 0 bridgehead atoms. The summed E-state index contributed by atoms with van der Waals surface area (Å²) in [5, 5.41) is 13.3. The quantitative estimate of drug-likeness (QED) is 0.832. The predicted molar refractivity (Wildman–Crippen MR) is 85.0 cm³/mol. The van der Waals surface area contributed by atoms with Crippen molar-refractivity contribution in [2.75, 3.05) is 6.54 Å². The van der Waals surface area contributed by atoms with Crippen LogP contribution < -0.4 is 10.1 Å². The number of ether oxygens (including phenoxy) is 1. The Morgan fingerprint density at radius 3 is 2.85 bits per heavy atom. The van der Waals surface area contributed by atoms with E-state index in [1.54, 1.807) is 0 Å². The molecule has 2 rings (SSSR count). The van der Waals surface area contributed by atoms with Gasteiger partial charge in [0.15, 0.2) is 0 Å². The summed E-state index contributed by atoms with van der Waals surface area (Å²) in [6, 6.07) is 6.06. The molecule has 3 nitrogen and oxygen atoms in total. The van der Waals surface area contributed by atoms with Crippen LogP contribution in [0.2, 0.25) is 0 Å². The smallest absolute Gasteiger partial charge is 0.124 e. The summed E-state index contributed by atoms with van der Waals surface area (Å²) >= 11 is 3.51. The lowest BCUT2D eigenvalue weighted by Gasteiger charge is -2.20. The minimum Gasteiger partial charge on any atom is -0.487 e. The molecule has 0 saturated heterocycles. The fraction of sp³-hybridized carbons (Fsp3) is 0.625. The molecule has 0 amide bonds. The van der Waals surface area contributed by atoms with Gasteiger partial charge in [0.2, 0.25) is 0 Å². The van der Waals surface area contributed by atoms with Crippen LogP contribution in [0.5, 0.6) is 5.75 Å². The van der Waals surface area contributed by atoms with E-state index in [-0.39, 0.29) is 12.2 Å². The molecule has 1 saturated carbocycles. The second-order valence-corrected chi connectivity index (χ2v) is 6.85. The Balaban J connectivity index is 2.03. The van der Waals surface area contributed by atoms with Crippen molar-refractivity contribution in [2.45, 2.75) is 51.9 Å². The maximum absolute atomic E-state index is 9.89. The lowest BCUT2D eigenvalue weighted by molar-refractivity contribution is 0.0597. The zero-order valence-electron chi connectivity index (χ0n) is 12.2. The van der Waals surface area contributed by atoms with Gasteiger partial charge in [0.25, 0.3) is 0 Å². The maximum Gasteiger partial charge on any atom is 0.124 e. The highest BCUT2D eigenvalue weighted by atomic mass is 79.9. The molecule has 2 unspecified atom stereocenters. The zero-order chi connectivity index (χ0) is 14.5. The first-order valence-electron chi connectivity index (χ1n) is 7.40. The minimum absolute atomic E-state index is 0.0555. The Labute approximate surface area is 129 Å². The molecule has 1 aliphatic carbocycles. The summed E-state index contributed by atoms with van der Waals surface area (Å²) in [5.74, 6) is 1.51. The Morgan fingerprint density at radius 2 is 2.20 bits per heavy atom. The number of nitrogens with one attached hydrogen (secondary N) is 1. The van der Waals surface area contributed by atoms with E-state index in [1.165, 1.54) is 0 Å². The van der Waals surface area contributed by atoms with Crippen molar-refractivity contribution in [1.82, 2.24) is 5.32 Å². The number of benzene rings is 1. The molecule has 0 radical (unpaired) electrons. The van der Waals surface area contributed by atoms with E-state index in [0.29, 0.717) is 5.92 Å². The van der Waals surface area contributed by atoms with E-state index in [1.807, 2.05) is 12.1 Å².